The SMILES string of the molecule is CN(Cc1ccccc1)c1cccc(-c2cccc(N)c2)c1. The quantitative estimate of drug-likeness (QED) is 0.712. The van der Waals surface area contributed by atoms with Crippen LogP contribution in [0.15, 0.2) is 78.9 Å². The topological polar surface area (TPSA) is 29.3 Å². The number of nitrogens with zero attached hydrogens (tertiary/aromatic N) is 1. The number of hydrogen-bond donors (Lipinski definition) is 1. The van der Waals surface area contributed by atoms with Gasteiger partial charge >= 0.3 is 0 Å². The third kappa shape index (κ3) is 3.29. The van der Waals surface area contributed by atoms with Gasteiger partial charge < -0.3 is 10.6 Å². The van der Waals surface area contributed by atoms with E-state index in [-0.39, 0.29) is 0 Å². The van der Waals surface area contributed by atoms with Gasteiger partial charge in [-0.1, -0.05) is 54.6 Å². The molecule has 3 aromatic carbocycles. The van der Waals surface area contributed by atoms with E-state index >= 15 is 0 Å². The molecule has 0 radical (unpaired) electrons. The summed E-state index contributed by atoms with van der Waals surface area (Å²) in [5.41, 5.74) is 11.5. The lowest BCUT2D eigenvalue weighted by atomic mass is 10.0. The molecular weight excluding hydrogens is 268 g/mol. The van der Waals surface area contributed by atoms with Crippen LogP contribution in [0.4, 0.5) is 11.4 Å². The van der Waals surface area contributed by atoms with E-state index in [1.807, 2.05) is 24.3 Å². The molecule has 0 saturated heterocycles. The van der Waals surface area contributed by atoms with Crippen LogP contribution in [-0.4, -0.2) is 7.05 Å². The summed E-state index contributed by atoms with van der Waals surface area (Å²) in [4.78, 5) is 2.26. The van der Waals surface area contributed by atoms with Gasteiger partial charge in [-0.05, 0) is 41.0 Å². The minimum Gasteiger partial charge on any atom is -0.399 e. The third-order valence-electron chi connectivity index (χ3n) is 3.77. The second-order valence-corrected chi connectivity index (χ2v) is 5.52. The molecule has 0 unspecified atom stereocenters. The predicted octanol–water partition coefficient (Wildman–Crippen LogP) is 4.57. The van der Waals surface area contributed by atoms with Crippen molar-refractivity contribution in [3.63, 3.8) is 0 Å². The predicted molar refractivity (Wildman–Crippen MR) is 94.8 cm³/mol. The largest absolute Gasteiger partial charge is 0.399 e. The summed E-state index contributed by atoms with van der Waals surface area (Å²) < 4.78 is 0. The van der Waals surface area contributed by atoms with E-state index in [0.717, 1.165) is 17.8 Å². The fourth-order valence-electron chi connectivity index (χ4n) is 2.59. The van der Waals surface area contributed by atoms with Gasteiger partial charge in [0.25, 0.3) is 0 Å². The van der Waals surface area contributed by atoms with Gasteiger partial charge in [-0.15, -0.1) is 0 Å². The normalized spacial score (nSPS) is 10.4. The van der Waals surface area contributed by atoms with E-state index in [0.29, 0.717) is 0 Å². The van der Waals surface area contributed by atoms with Crippen molar-refractivity contribution >= 4 is 11.4 Å². The van der Waals surface area contributed by atoms with Crippen LogP contribution < -0.4 is 10.6 Å². The maximum atomic E-state index is 5.89. The zero-order chi connectivity index (χ0) is 15.4. The Morgan fingerprint density at radius 1 is 0.773 bits per heavy atom. The van der Waals surface area contributed by atoms with E-state index in [1.165, 1.54) is 16.8 Å². The Morgan fingerprint density at radius 3 is 2.18 bits per heavy atom. The molecule has 0 spiro atoms. The molecule has 0 aliphatic carbocycles. The highest BCUT2D eigenvalue weighted by Crippen LogP contribution is 2.26. The number of nitrogen functional groups attached to an aromatic ring is 1. The lowest BCUT2D eigenvalue weighted by Crippen LogP contribution is -2.16. The van der Waals surface area contributed by atoms with Crippen molar-refractivity contribution in [1.29, 1.82) is 0 Å². The van der Waals surface area contributed by atoms with E-state index in [9.17, 15) is 0 Å². The molecule has 0 heterocycles. The molecule has 110 valence electrons. The Bertz CT molecular complexity index is 750. The molecule has 3 aromatic rings. The van der Waals surface area contributed by atoms with Crippen molar-refractivity contribution in [3.8, 4) is 11.1 Å². The highest BCUT2D eigenvalue weighted by molar-refractivity contribution is 5.71. The summed E-state index contributed by atoms with van der Waals surface area (Å²) in [6.45, 7) is 0.890. The zero-order valence-electron chi connectivity index (χ0n) is 12.7. The number of rotatable bonds is 4. The van der Waals surface area contributed by atoms with Crippen molar-refractivity contribution in [2.75, 3.05) is 17.7 Å². The molecule has 2 N–H and O–H groups in total. The number of benzene rings is 3. The van der Waals surface area contributed by atoms with Gasteiger partial charge in [-0.3, -0.25) is 0 Å². The summed E-state index contributed by atoms with van der Waals surface area (Å²) >= 11 is 0. The van der Waals surface area contributed by atoms with Crippen molar-refractivity contribution < 1.29 is 0 Å². The summed E-state index contributed by atoms with van der Waals surface area (Å²) in [7, 11) is 2.12. The fourth-order valence-corrected chi connectivity index (χ4v) is 2.59. The molecule has 2 nitrogen and oxygen atoms in total. The van der Waals surface area contributed by atoms with Crippen molar-refractivity contribution in [3.05, 3.63) is 84.4 Å². The Kier molecular flexibility index (Phi) is 4.10. The molecular formula is C20H20N2. The first-order valence-corrected chi connectivity index (χ1v) is 7.43. The van der Waals surface area contributed by atoms with E-state index in [4.69, 9.17) is 5.73 Å². The van der Waals surface area contributed by atoms with Crippen LogP contribution in [0.3, 0.4) is 0 Å². The average Bonchev–Trinajstić information content (AvgIpc) is 2.56. The molecule has 0 bridgehead atoms. The van der Waals surface area contributed by atoms with Crippen LogP contribution >= 0.6 is 0 Å². The van der Waals surface area contributed by atoms with E-state index < -0.39 is 0 Å². The first kappa shape index (κ1) is 14.2. The van der Waals surface area contributed by atoms with Gasteiger partial charge in [0.05, 0.1) is 0 Å². The maximum absolute atomic E-state index is 5.89. The lowest BCUT2D eigenvalue weighted by molar-refractivity contribution is 0.923. The third-order valence-corrected chi connectivity index (χ3v) is 3.77. The monoisotopic (exact) mass is 288 g/mol. The van der Waals surface area contributed by atoms with Crippen LogP contribution in [0, 0.1) is 0 Å². The highest BCUT2D eigenvalue weighted by atomic mass is 15.1. The fraction of sp³-hybridized carbons (Fsp3) is 0.100. The zero-order valence-corrected chi connectivity index (χ0v) is 12.7. The first-order valence-electron chi connectivity index (χ1n) is 7.43. The summed E-state index contributed by atoms with van der Waals surface area (Å²) in [6.07, 6.45) is 0. The van der Waals surface area contributed by atoms with Gasteiger partial charge in [-0.2, -0.15) is 0 Å². The molecule has 22 heavy (non-hydrogen) atoms. The van der Waals surface area contributed by atoms with Crippen molar-refractivity contribution in [2.45, 2.75) is 6.54 Å². The lowest BCUT2D eigenvalue weighted by Gasteiger charge is -2.20. The first-order chi connectivity index (χ1) is 10.7. The van der Waals surface area contributed by atoms with Crippen LogP contribution in [0.5, 0.6) is 0 Å². The molecule has 0 atom stereocenters. The van der Waals surface area contributed by atoms with Crippen molar-refractivity contribution in [1.82, 2.24) is 0 Å². The van der Waals surface area contributed by atoms with Crippen molar-refractivity contribution in [2.24, 2.45) is 0 Å². The van der Waals surface area contributed by atoms with Gasteiger partial charge in [0, 0.05) is 25.0 Å². The van der Waals surface area contributed by atoms with E-state index in [1.54, 1.807) is 0 Å². The molecule has 0 aliphatic heterocycles. The smallest absolute Gasteiger partial charge is 0.0426 e. The van der Waals surface area contributed by atoms with Crippen LogP contribution in [0.25, 0.3) is 11.1 Å². The molecule has 0 aromatic heterocycles. The Morgan fingerprint density at radius 2 is 1.45 bits per heavy atom. The number of anilines is 2. The van der Waals surface area contributed by atoms with Gasteiger partial charge in [0.2, 0.25) is 0 Å². The van der Waals surface area contributed by atoms with Crippen LogP contribution in [0.1, 0.15) is 5.56 Å². The Labute approximate surface area is 131 Å². The minimum absolute atomic E-state index is 0.792. The molecule has 0 aliphatic rings. The number of nitrogens with two attached hydrogens (primary N) is 1. The Hall–Kier alpha value is -2.74. The highest BCUT2D eigenvalue weighted by Gasteiger charge is 2.04. The van der Waals surface area contributed by atoms with Crippen LogP contribution in [-0.2, 0) is 6.54 Å². The second-order valence-electron chi connectivity index (χ2n) is 5.52. The average molecular weight is 288 g/mol. The Balaban J connectivity index is 1.84. The van der Waals surface area contributed by atoms with E-state index in [2.05, 4.69) is 66.5 Å². The molecule has 0 fully saturated rings. The summed E-state index contributed by atoms with van der Waals surface area (Å²) in [6, 6.07) is 27.1. The molecule has 2 heteroatoms. The molecule has 3 rings (SSSR count). The summed E-state index contributed by atoms with van der Waals surface area (Å²) in [5.74, 6) is 0. The second kappa shape index (κ2) is 6.35. The molecule has 0 saturated carbocycles. The van der Waals surface area contributed by atoms with Crippen LogP contribution in [0.2, 0.25) is 0 Å². The van der Waals surface area contributed by atoms with Gasteiger partial charge in [0.1, 0.15) is 0 Å². The maximum Gasteiger partial charge on any atom is 0.0426 e. The number of hydrogen-bond acceptors (Lipinski definition) is 2. The molecule has 0 amide bonds. The summed E-state index contributed by atoms with van der Waals surface area (Å²) in [5, 5.41) is 0. The van der Waals surface area contributed by atoms with Gasteiger partial charge in [0.15, 0.2) is 0 Å². The standard InChI is InChI=1S/C20H20N2/c1-22(15-16-7-3-2-4-8-16)20-12-6-10-18(14-20)17-9-5-11-19(21)13-17/h2-14H,15,21H2,1H3. The minimum atomic E-state index is 0.792. The van der Waals surface area contributed by atoms with Gasteiger partial charge in [-0.25, -0.2) is 0 Å².